The molecule has 1 amide bonds. The van der Waals surface area contributed by atoms with Gasteiger partial charge in [-0.2, -0.15) is 0 Å². The van der Waals surface area contributed by atoms with Gasteiger partial charge >= 0.3 is 0 Å². The number of likely N-dealkylation sites (tertiary alicyclic amines) is 1. The molecule has 2 rings (SSSR count). The van der Waals surface area contributed by atoms with Crippen LogP contribution in [-0.2, 0) is 4.79 Å². The molecule has 0 spiro atoms. The van der Waals surface area contributed by atoms with Crippen molar-refractivity contribution >= 4 is 5.91 Å². The predicted octanol–water partition coefficient (Wildman–Crippen LogP) is 2.13. The Bertz CT molecular complexity index is 345. The number of rotatable bonds is 6. The molecule has 21 heavy (non-hydrogen) atoms. The smallest absolute Gasteiger partial charge is 0.239 e. The van der Waals surface area contributed by atoms with E-state index in [2.05, 4.69) is 31.0 Å². The Kier molecular flexibility index (Phi) is 6.06. The first-order valence-corrected chi connectivity index (χ1v) is 8.82. The zero-order valence-corrected chi connectivity index (χ0v) is 14.0. The van der Waals surface area contributed by atoms with E-state index in [0.29, 0.717) is 23.9 Å². The van der Waals surface area contributed by atoms with Crippen LogP contribution in [-0.4, -0.2) is 42.0 Å². The average Bonchev–Trinajstić information content (AvgIpc) is 2.77. The van der Waals surface area contributed by atoms with Crippen molar-refractivity contribution in [3.63, 3.8) is 0 Å². The third-order valence-electron chi connectivity index (χ3n) is 5.10. The van der Waals surface area contributed by atoms with E-state index in [1.54, 1.807) is 0 Å². The summed E-state index contributed by atoms with van der Waals surface area (Å²) in [5.41, 5.74) is 5.90. The molecule has 4 nitrogen and oxygen atoms in total. The van der Waals surface area contributed by atoms with E-state index in [1.807, 2.05) is 0 Å². The third-order valence-corrected chi connectivity index (χ3v) is 5.10. The summed E-state index contributed by atoms with van der Waals surface area (Å²) in [6.45, 7) is 8.73. The molecule has 0 aromatic rings. The molecule has 1 aliphatic heterocycles. The normalized spacial score (nSPS) is 34.0. The first kappa shape index (κ1) is 16.8. The lowest BCUT2D eigenvalue weighted by molar-refractivity contribution is -0.132. The van der Waals surface area contributed by atoms with Gasteiger partial charge in [-0.3, -0.25) is 4.79 Å². The molecule has 0 radical (unpaired) electrons. The van der Waals surface area contributed by atoms with E-state index in [4.69, 9.17) is 5.73 Å². The van der Waals surface area contributed by atoms with Gasteiger partial charge in [-0.25, -0.2) is 0 Å². The molecule has 1 saturated heterocycles. The number of carbonyl (C=O) groups excluding carboxylic acids is 1. The topological polar surface area (TPSA) is 58.4 Å². The van der Waals surface area contributed by atoms with Gasteiger partial charge in [0.1, 0.15) is 0 Å². The van der Waals surface area contributed by atoms with Crippen LogP contribution in [0.2, 0.25) is 0 Å². The van der Waals surface area contributed by atoms with Gasteiger partial charge in [0.15, 0.2) is 0 Å². The number of nitrogens with zero attached hydrogens (tertiary/aromatic N) is 1. The molecular weight excluding hydrogens is 262 g/mol. The van der Waals surface area contributed by atoms with Gasteiger partial charge < -0.3 is 16.0 Å². The van der Waals surface area contributed by atoms with Crippen LogP contribution in [0, 0.1) is 11.8 Å². The van der Waals surface area contributed by atoms with Gasteiger partial charge in [-0.15, -0.1) is 0 Å². The standard InChI is InChI=1S/C17H33N3O/c1-4-5-13-10-14(19-11-12(2)3)6-7-16(13)20-9-8-15(18)17(20)21/h12-16,19H,4-11,18H2,1-3H3/t13-,14-,15-,16-/m0/s1. The van der Waals surface area contributed by atoms with Crippen molar-refractivity contribution in [1.29, 1.82) is 0 Å². The Balaban J connectivity index is 1.95. The molecule has 2 aliphatic rings. The van der Waals surface area contributed by atoms with Crippen molar-refractivity contribution in [1.82, 2.24) is 10.2 Å². The number of amides is 1. The van der Waals surface area contributed by atoms with Crippen LogP contribution < -0.4 is 11.1 Å². The number of nitrogens with one attached hydrogen (secondary N) is 1. The molecule has 3 N–H and O–H groups in total. The van der Waals surface area contributed by atoms with Crippen molar-refractivity contribution in [2.45, 2.75) is 77.4 Å². The number of nitrogens with two attached hydrogens (primary N) is 1. The second kappa shape index (κ2) is 7.59. The summed E-state index contributed by atoms with van der Waals surface area (Å²) in [4.78, 5) is 14.3. The van der Waals surface area contributed by atoms with Gasteiger partial charge in [0.25, 0.3) is 0 Å². The van der Waals surface area contributed by atoms with Gasteiger partial charge in [0.05, 0.1) is 6.04 Å². The predicted molar refractivity (Wildman–Crippen MR) is 87.0 cm³/mol. The van der Waals surface area contributed by atoms with Crippen molar-refractivity contribution in [2.75, 3.05) is 13.1 Å². The second-order valence-corrected chi connectivity index (χ2v) is 7.35. The van der Waals surface area contributed by atoms with Crippen LogP contribution in [0.1, 0.15) is 59.3 Å². The average molecular weight is 295 g/mol. The number of carbonyl (C=O) groups is 1. The third kappa shape index (κ3) is 4.19. The van der Waals surface area contributed by atoms with Crippen LogP contribution in [0.25, 0.3) is 0 Å². The van der Waals surface area contributed by atoms with Crippen molar-refractivity contribution in [2.24, 2.45) is 17.6 Å². The quantitative estimate of drug-likeness (QED) is 0.789. The highest BCUT2D eigenvalue weighted by Gasteiger charge is 2.39. The van der Waals surface area contributed by atoms with Gasteiger partial charge in [-0.1, -0.05) is 27.2 Å². The van der Waals surface area contributed by atoms with Crippen molar-refractivity contribution < 1.29 is 4.79 Å². The molecule has 1 aliphatic carbocycles. The summed E-state index contributed by atoms with van der Waals surface area (Å²) in [5.74, 6) is 1.53. The first-order chi connectivity index (χ1) is 10.0. The minimum atomic E-state index is -0.246. The lowest BCUT2D eigenvalue weighted by atomic mass is 9.78. The van der Waals surface area contributed by atoms with Crippen LogP contribution in [0.3, 0.4) is 0 Å². The van der Waals surface area contributed by atoms with E-state index < -0.39 is 0 Å². The summed E-state index contributed by atoms with van der Waals surface area (Å²) in [5, 5.41) is 3.71. The van der Waals surface area contributed by atoms with E-state index in [1.165, 1.54) is 25.7 Å². The zero-order chi connectivity index (χ0) is 15.4. The Hall–Kier alpha value is -0.610. The lowest BCUT2D eigenvalue weighted by Gasteiger charge is -2.41. The fraction of sp³-hybridized carbons (Fsp3) is 0.941. The molecule has 122 valence electrons. The van der Waals surface area contributed by atoms with Crippen molar-refractivity contribution in [3.8, 4) is 0 Å². The SMILES string of the molecule is CCC[C@H]1C[C@@H](NCC(C)C)CC[C@@H]1N1CC[C@H](N)C1=O. The molecule has 4 atom stereocenters. The Labute approximate surface area is 129 Å². The molecular formula is C17H33N3O. The summed E-state index contributed by atoms with van der Waals surface area (Å²) in [6, 6.07) is 0.818. The summed E-state index contributed by atoms with van der Waals surface area (Å²) >= 11 is 0. The highest BCUT2D eigenvalue weighted by molar-refractivity contribution is 5.84. The van der Waals surface area contributed by atoms with Crippen LogP contribution >= 0.6 is 0 Å². The molecule has 0 aromatic carbocycles. The Morgan fingerprint density at radius 2 is 2.10 bits per heavy atom. The van der Waals surface area contributed by atoms with E-state index >= 15 is 0 Å². The maximum absolute atomic E-state index is 12.2. The molecule has 2 fully saturated rings. The monoisotopic (exact) mass is 295 g/mol. The first-order valence-electron chi connectivity index (χ1n) is 8.82. The van der Waals surface area contributed by atoms with Gasteiger partial charge in [0.2, 0.25) is 5.91 Å². The summed E-state index contributed by atoms with van der Waals surface area (Å²) < 4.78 is 0. The fourth-order valence-corrected chi connectivity index (χ4v) is 3.98. The van der Waals surface area contributed by atoms with E-state index in [9.17, 15) is 4.79 Å². The van der Waals surface area contributed by atoms with E-state index in [0.717, 1.165) is 25.9 Å². The van der Waals surface area contributed by atoms with E-state index in [-0.39, 0.29) is 11.9 Å². The van der Waals surface area contributed by atoms with Crippen LogP contribution in [0.4, 0.5) is 0 Å². The Morgan fingerprint density at radius 3 is 2.67 bits per heavy atom. The van der Waals surface area contributed by atoms with Crippen LogP contribution in [0.5, 0.6) is 0 Å². The highest BCUT2D eigenvalue weighted by Crippen LogP contribution is 2.34. The van der Waals surface area contributed by atoms with Crippen LogP contribution in [0.15, 0.2) is 0 Å². The molecule has 0 bridgehead atoms. The molecule has 0 aromatic heterocycles. The highest BCUT2D eigenvalue weighted by atomic mass is 16.2. The van der Waals surface area contributed by atoms with Gasteiger partial charge in [-0.05, 0) is 50.5 Å². The fourth-order valence-electron chi connectivity index (χ4n) is 3.98. The number of hydrogen-bond donors (Lipinski definition) is 2. The Morgan fingerprint density at radius 1 is 1.33 bits per heavy atom. The molecule has 1 saturated carbocycles. The molecule has 4 heteroatoms. The van der Waals surface area contributed by atoms with Crippen molar-refractivity contribution in [3.05, 3.63) is 0 Å². The summed E-state index contributed by atoms with van der Waals surface area (Å²) in [7, 11) is 0. The minimum Gasteiger partial charge on any atom is -0.338 e. The minimum absolute atomic E-state index is 0.190. The second-order valence-electron chi connectivity index (χ2n) is 7.35. The van der Waals surface area contributed by atoms with Gasteiger partial charge in [0, 0.05) is 18.6 Å². The largest absolute Gasteiger partial charge is 0.338 e. The number of hydrogen-bond acceptors (Lipinski definition) is 3. The zero-order valence-electron chi connectivity index (χ0n) is 14.0. The molecule has 1 heterocycles. The maximum Gasteiger partial charge on any atom is 0.239 e. The molecule has 0 unspecified atom stereocenters. The maximum atomic E-state index is 12.2. The summed E-state index contributed by atoms with van der Waals surface area (Å²) in [6.07, 6.45) is 6.80. The lowest BCUT2D eigenvalue weighted by Crippen LogP contribution is -2.50.